The highest BCUT2D eigenvalue weighted by molar-refractivity contribution is 8.21. The zero-order valence-electron chi connectivity index (χ0n) is 13.1. The van der Waals surface area contributed by atoms with Crippen LogP contribution in [0.25, 0.3) is 0 Å². The smallest absolute Gasteiger partial charge is 0.120 e. The Labute approximate surface area is 133 Å². The monoisotopic (exact) mass is 327 g/mol. The summed E-state index contributed by atoms with van der Waals surface area (Å²) < 4.78 is 25.2. The lowest BCUT2D eigenvalue weighted by atomic mass is 9.88. The van der Waals surface area contributed by atoms with Crippen molar-refractivity contribution in [2.24, 2.45) is 0 Å². The van der Waals surface area contributed by atoms with E-state index in [0.29, 0.717) is 12.3 Å². The molecule has 0 bridgehead atoms. The third-order valence-corrected chi connectivity index (χ3v) is 6.09. The standard InChI is InChI=1S/C15H25N3O3S/c1-3-12-13(19)5-4-11(2)14(12)18-8-6-15(7-9-18)10-16-22(20,21)17-15/h4-5,16-17,19-21H,3,6-10H2,1-2H3. The van der Waals surface area contributed by atoms with Gasteiger partial charge >= 0.3 is 0 Å². The molecule has 3 rings (SSSR count). The number of aromatic hydroxyl groups is 1. The summed E-state index contributed by atoms with van der Waals surface area (Å²) in [5.74, 6) is 0.359. The molecular formula is C15H25N3O3S. The summed E-state index contributed by atoms with van der Waals surface area (Å²) in [4.78, 5) is 2.31. The van der Waals surface area contributed by atoms with Gasteiger partial charge in [-0.15, -0.1) is 0 Å². The van der Waals surface area contributed by atoms with Gasteiger partial charge in [-0.1, -0.05) is 24.0 Å². The number of benzene rings is 1. The number of hydrogen-bond donors (Lipinski definition) is 5. The lowest BCUT2D eigenvalue weighted by molar-refractivity contribution is 0.321. The summed E-state index contributed by atoms with van der Waals surface area (Å²) in [6.07, 6.45) is 2.48. The van der Waals surface area contributed by atoms with Gasteiger partial charge in [-0.05, 0) is 37.8 Å². The molecular weight excluding hydrogens is 302 g/mol. The summed E-state index contributed by atoms with van der Waals surface area (Å²) >= 11 is 0. The Morgan fingerprint density at radius 3 is 2.50 bits per heavy atom. The third-order valence-electron chi connectivity index (χ3n) is 4.82. The summed E-state index contributed by atoms with van der Waals surface area (Å²) in [6.45, 7) is 6.39. The average Bonchev–Trinajstić information content (AvgIpc) is 2.77. The van der Waals surface area contributed by atoms with Crippen molar-refractivity contribution in [1.29, 1.82) is 0 Å². The number of nitrogens with one attached hydrogen (secondary N) is 2. The molecule has 1 spiro atoms. The van der Waals surface area contributed by atoms with E-state index in [1.165, 1.54) is 5.56 Å². The van der Waals surface area contributed by atoms with Crippen LogP contribution in [-0.4, -0.2) is 39.4 Å². The molecule has 2 heterocycles. The van der Waals surface area contributed by atoms with Gasteiger partial charge in [-0.2, -0.15) is 4.72 Å². The maximum atomic E-state index is 10.1. The Balaban J connectivity index is 1.79. The summed E-state index contributed by atoms with van der Waals surface area (Å²) in [5.41, 5.74) is 3.08. The van der Waals surface area contributed by atoms with Crippen LogP contribution in [0.5, 0.6) is 5.75 Å². The predicted molar refractivity (Wildman–Crippen MR) is 90.4 cm³/mol. The second kappa shape index (κ2) is 5.58. The zero-order chi connectivity index (χ0) is 16.0. The SMILES string of the molecule is CCc1c(O)ccc(C)c1N1CCC2(CC1)CNS(O)(O)N2. The average molecular weight is 327 g/mol. The summed E-state index contributed by atoms with van der Waals surface area (Å²) in [5, 5.41) is 10.1. The molecule has 6 nitrogen and oxygen atoms in total. The molecule has 2 aliphatic rings. The maximum Gasteiger partial charge on any atom is 0.120 e. The summed E-state index contributed by atoms with van der Waals surface area (Å²) in [7, 11) is -2.82. The fourth-order valence-electron chi connectivity index (χ4n) is 3.58. The van der Waals surface area contributed by atoms with Gasteiger partial charge in [0.2, 0.25) is 0 Å². The third kappa shape index (κ3) is 2.79. The molecule has 2 aliphatic heterocycles. The minimum absolute atomic E-state index is 0.230. The van der Waals surface area contributed by atoms with Crippen molar-refractivity contribution in [3.8, 4) is 5.75 Å². The number of rotatable bonds is 2. The molecule has 0 unspecified atom stereocenters. The van der Waals surface area contributed by atoms with Crippen molar-refractivity contribution in [2.75, 3.05) is 24.5 Å². The number of phenols is 1. The van der Waals surface area contributed by atoms with E-state index in [1.807, 2.05) is 6.07 Å². The van der Waals surface area contributed by atoms with Crippen LogP contribution >= 0.6 is 11.0 Å². The van der Waals surface area contributed by atoms with Crippen molar-refractivity contribution in [3.05, 3.63) is 23.3 Å². The second-order valence-corrected chi connectivity index (χ2v) is 7.91. The van der Waals surface area contributed by atoms with Gasteiger partial charge < -0.3 is 10.0 Å². The first kappa shape index (κ1) is 15.9. The van der Waals surface area contributed by atoms with E-state index in [-0.39, 0.29) is 5.54 Å². The minimum Gasteiger partial charge on any atom is -0.508 e. The molecule has 2 fully saturated rings. The normalized spacial score (nSPS) is 24.6. The number of anilines is 1. The molecule has 7 heteroatoms. The molecule has 124 valence electrons. The molecule has 2 saturated heterocycles. The van der Waals surface area contributed by atoms with Gasteiger partial charge in [-0.3, -0.25) is 9.11 Å². The first-order valence-electron chi connectivity index (χ1n) is 7.74. The Bertz CT molecular complexity index is 571. The fraction of sp³-hybridized carbons (Fsp3) is 0.600. The van der Waals surface area contributed by atoms with Crippen LogP contribution in [0.3, 0.4) is 0 Å². The highest BCUT2D eigenvalue weighted by Crippen LogP contribution is 2.43. The number of hydrogen-bond acceptors (Lipinski definition) is 6. The fourth-order valence-corrected chi connectivity index (χ4v) is 5.01. The molecule has 0 amide bonds. The van der Waals surface area contributed by atoms with Crippen LogP contribution in [-0.2, 0) is 6.42 Å². The van der Waals surface area contributed by atoms with Crippen molar-refractivity contribution < 1.29 is 14.2 Å². The van der Waals surface area contributed by atoms with Gasteiger partial charge in [0, 0.05) is 30.9 Å². The van der Waals surface area contributed by atoms with Crippen LogP contribution in [0.15, 0.2) is 12.1 Å². The van der Waals surface area contributed by atoms with Gasteiger partial charge in [0.15, 0.2) is 0 Å². The minimum atomic E-state index is -2.82. The molecule has 0 radical (unpaired) electrons. The molecule has 0 aromatic heterocycles. The maximum absolute atomic E-state index is 10.1. The lowest BCUT2D eigenvalue weighted by Crippen LogP contribution is -2.52. The second-order valence-electron chi connectivity index (χ2n) is 6.32. The largest absolute Gasteiger partial charge is 0.508 e. The number of aryl methyl sites for hydroxylation is 1. The van der Waals surface area contributed by atoms with Gasteiger partial charge in [0.25, 0.3) is 0 Å². The number of piperidine rings is 1. The molecule has 5 N–H and O–H groups in total. The Morgan fingerprint density at radius 1 is 1.27 bits per heavy atom. The molecule has 0 saturated carbocycles. The Hall–Kier alpha value is -0.990. The van der Waals surface area contributed by atoms with Crippen molar-refractivity contribution >= 4 is 16.6 Å². The van der Waals surface area contributed by atoms with E-state index >= 15 is 0 Å². The Morgan fingerprint density at radius 2 is 1.95 bits per heavy atom. The predicted octanol–water partition coefficient (Wildman–Crippen LogP) is 2.38. The zero-order valence-corrected chi connectivity index (χ0v) is 13.9. The van der Waals surface area contributed by atoms with E-state index in [1.54, 1.807) is 6.07 Å². The highest BCUT2D eigenvalue weighted by Gasteiger charge is 2.43. The first-order chi connectivity index (χ1) is 10.4. The lowest BCUT2D eigenvalue weighted by Gasteiger charge is -2.42. The Kier molecular flexibility index (Phi) is 4.03. The van der Waals surface area contributed by atoms with Crippen LogP contribution in [0.1, 0.15) is 30.9 Å². The quantitative estimate of drug-likeness (QED) is 0.573. The van der Waals surface area contributed by atoms with Crippen LogP contribution in [0, 0.1) is 6.92 Å². The molecule has 1 aromatic carbocycles. The van der Waals surface area contributed by atoms with E-state index in [4.69, 9.17) is 0 Å². The molecule has 0 aliphatic carbocycles. The summed E-state index contributed by atoms with van der Waals surface area (Å²) in [6, 6.07) is 3.72. The van der Waals surface area contributed by atoms with E-state index in [9.17, 15) is 14.2 Å². The molecule has 1 aromatic rings. The van der Waals surface area contributed by atoms with Crippen molar-refractivity contribution in [2.45, 2.75) is 38.6 Å². The topological polar surface area (TPSA) is 88.0 Å². The van der Waals surface area contributed by atoms with Crippen LogP contribution in [0.4, 0.5) is 5.69 Å². The first-order valence-corrected chi connectivity index (χ1v) is 9.29. The van der Waals surface area contributed by atoms with Crippen LogP contribution in [0.2, 0.25) is 0 Å². The van der Waals surface area contributed by atoms with Gasteiger partial charge in [0.05, 0.1) is 5.54 Å². The van der Waals surface area contributed by atoms with E-state index in [2.05, 4.69) is 28.2 Å². The van der Waals surface area contributed by atoms with E-state index in [0.717, 1.165) is 43.6 Å². The number of nitrogens with zero attached hydrogens (tertiary/aromatic N) is 1. The van der Waals surface area contributed by atoms with Crippen LogP contribution < -0.4 is 14.3 Å². The van der Waals surface area contributed by atoms with Gasteiger partial charge in [0.1, 0.15) is 5.75 Å². The molecule has 22 heavy (non-hydrogen) atoms. The highest BCUT2D eigenvalue weighted by atomic mass is 32.3. The number of phenolic OH excluding ortho intramolecular Hbond substituents is 1. The van der Waals surface area contributed by atoms with Crippen molar-refractivity contribution in [3.63, 3.8) is 0 Å². The van der Waals surface area contributed by atoms with Gasteiger partial charge in [-0.25, -0.2) is 4.72 Å². The molecule has 0 atom stereocenters. The van der Waals surface area contributed by atoms with E-state index < -0.39 is 11.0 Å². The van der Waals surface area contributed by atoms with Crippen molar-refractivity contribution in [1.82, 2.24) is 9.44 Å².